The molecule has 3 unspecified atom stereocenters. The molecule has 1 aromatic carbocycles. The topological polar surface area (TPSA) is 179 Å². The van der Waals surface area contributed by atoms with Gasteiger partial charge < -0.3 is 38.6 Å². The number of hydrogen-bond donors (Lipinski definition) is 2. The number of methoxy groups -OCH3 is 2. The molecule has 3 rings (SSSR count). The predicted octanol–water partition coefficient (Wildman–Crippen LogP) is 9.15. The molecule has 3 atom stereocenters. The van der Waals surface area contributed by atoms with E-state index in [1.54, 1.807) is 29.8 Å². The van der Waals surface area contributed by atoms with Gasteiger partial charge in [0.05, 0.1) is 45.2 Å². The third-order valence-electron chi connectivity index (χ3n) is 10.1. The Hall–Kier alpha value is -3.39. The van der Waals surface area contributed by atoms with Gasteiger partial charge in [-0.2, -0.15) is 15.6 Å². The smallest absolute Gasteiger partial charge is 0.330 e. The van der Waals surface area contributed by atoms with Gasteiger partial charge in [-0.15, -0.1) is 0 Å². The van der Waals surface area contributed by atoms with Gasteiger partial charge in [-0.3, -0.25) is 0 Å². The van der Waals surface area contributed by atoms with Gasteiger partial charge in [0.1, 0.15) is 29.8 Å². The summed E-state index contributed by atoms with van der Waals surface area (Å²) in [5.41, 5.74) is 7.37. The summed E-state index contributed by atoms with van der Waals surface area (Å²) < 4.78 is 36.2. The Balaban J connectivity index is 1.39. The van der Waals surface area contributed by atoms with Crippen molar-refractivity contribution in [2.45, 2.75) is 141 Å². The lowest BCUT2D eigenvalue weighted by molar-refractivity contribution is -0.0513. The molecule has 0 bridgehead atoms. The number of nitrogens with two attached hydrogens (primary N) is 1. The van der Waals surface area contributed by atoms with Crippen LogP contribution in [0, 0.1) is 22.7 Å². The van der Waals surface area contributed by atoms with Crippen molar-refractivity contribution in [1.29, 1.82) is 10.5 Å². The van der Waals surface area contributed by atoms with Crippen LogP contribution >= 0.6 is 8.60 Å². The van der Waals surface area contributed by atoms with Crippen molar-refractivity contribution < 1.29 is 32.9 Å². The lowest BCUT2D eigenvalue weighted by Gasteiger charge is -2.26. The van der Waals surface area contributed by atoms with Crippen LogP contribution in [0.4, 0.5) is 5.82 Å². The van der Waals surface area contributed by atoms with Crippen molar-refractivity contribution in [3.05, 3.63) is 53.5 Å². The number of ether oxygens (including phenoxy) is 4. The van der Waals surface area contributed by atoms with Crippen LogP contribution in [-0.4, -0.2) is 71.8 Å². The number of aromatic nitrogens is 3. The molecule has 0 aliphatic carbocycles. The van der Waals surface area contributed by atoms with Gasteiger partial charge in [0, 0.05) is 25.0 Å². The van der Waals surface area contributed by atoms with E-state index in [1.165, 1.54) is 103 Å². The van der Waals surface area contributed by atoms with Gasteiger partial charge in [0.15, 0.2) is 11.4 Å². The molecule has 2 aromatic heterocycles. The molecule has 2 heterocycles. The second kappa shape index (κ2) is 28.1. The molecule has 310 valence electrons. The maximum atomic E-state index is 10.7. The Labute approximate surface area is 335 Å². The molecule has 0 aliphatic rings. The number of fused-ring (bicyclic) bond motifs is 1. The second-order valence-corrected chi connectivity index (χ2v) is 15.3. The van der Waals surface area contributed by atoms with E-state index < -0.39 is 20.3 Å². The molecule has 0 saturated carbocycles. The minimum absolute atomic E-state index is 0.0104. The van der Waals surface area contributed by atoms with Crippen LogP contribution in [0.5, 0.6) is 5.75 Å². The molecule has 0 amide bonds. The van der Waals surface area contributed by atoms with Crippen molar-refractivity contribution in [1.82, 2.24) is 14.6 Å². The molecular formula is C42H65N6O7P. The zero-order valence-corrected chi connectivity index (χ0v) is 34.9. The molecule has 14 heteroatoms. The summed E-state index contributed by atoms with van der Waals surface area (Å²) >= 11 is 0. The molecule has 0 saturated heterocycles. The number of nitriles is 2. The van der Waals surface area contributed by atoms with Gasteiger partial charge in [-0.25, -0.2) is 9.50 Å². The first-order valence-corrected chi connectivity index (χ1v) is 21.6. The zero-order chi connectivity index (χ0) is 40.3. The predicted molar refractivity (Wildman–Crippen MR) is 219 cm³/mol. The number of nitrogen functional groups attached to an aromatic ring is 1. The van der Waals surface area contributed by atoms with Crippen LogP contribution in [0.15, 0.2) is 36.7 Å². The quantitative estimate of drug-likeness (QED) is 0.0442. The van der Waals surface area contributed by atoms with E-state index in [-0.39, 0.29) is 32.8 Å². The number of aryl methyl sites for hydroxylation is 1. The summed E-state index contributed by atoms with van der Waals surface area (Å²) in [5.74, 6) is 0.905. The number of unbranched alkanes of at least 4 members (excludes halogenated alkanes) is 15. The van der Waals surface area contributed by atoms with Gasteiger partial charge in [-0.1, -0.05) is 109 Å². The van der Waals surface area contributed by atoms with Gasteiger partial charge in [-0.05, 0) is 43.5 Å². The lowest BCUT2D eigenvalue weighted by atomic mass is 9.99. The normalized spacial score (nSPS) is 13.6. The molecule has 0 fully saturated rings. The van der Waals surface area contributed by atoms with E-state index in [4.69, 9.17) is 33.7 Å². The summed E-state index contributed by atoms with van der Waals surface area (Å²) in [6.07, 6.45) is 22.5. The van der Waals surface area contributed by atoms with Crippen molar-refractivity contribution in [3.63, 3.8) is 0 Å². The molecule has 0 spiro atoms. The fourth-order valence-corrected chi connectivity index (χ4v) is 7.18. The minimum Gasteiger partial charge on any atom is -0.496 e. The Morgan fingerprint density at radius 3 is 2.14 bits per heavy atom. The van der Waals surface area contributed by atoms with Crippen molar-refractivity contribution in [2.24, 2.45) is 0 Å². The molecule has 0 aliphatic heterocycles. The van der Waals surface area contributed by atoms with Gasteiger partial charge in [0.25, 0.3) is 0 Å². The largest absolute Gasteiger partial charge is 0.496 e. The van der Waals surface area contributed by atoms with Crippen LogP contribution in [0.3, 0.4) is 0 Å². The Kier molecular flexibility index (Phi) is 23.6. The number of nitrogens with zero attached hydrogens (tertiary/aromatic N) is 5. The van der Waals surface area contributed by atoms with Gasteiger partial charge in [0.2, 0.25) is 0 Å². The summed E-state index contributed by atoms with van der Waals surface area (Å²) in [6, 6.07) is 13.2. The first-order valence-electron chi connectivity index (χ1n) is 20.4. The third kappa shape index (κ3) is 17.4. The molecule has 56 heavy (non-hydrogen) atoms. The SMILES string of the molecule is CCCCCCCCCCCCCCCCCCOCC(COP(O)OCC(C#N)(CCc1ccc2c(N)ncnn12)OC)OCc1ccc(C#N)cc1OC. The Morgan fingerprint density at radius 1 is 0.875 bits per heavy atom. The standard InChI is InChI=1S/C42H65N6O7P/c1-4-5-6-7-8-9-10-11-12-13-14-15-16-17-18-19-26-52-30-38(53-29-36-21-20-35(28-43)27-40(36)50-2)31-54-56(49)55-33-42(32-44,51-3)25-24-37-22-23-39-41(45)46-34-47-48(37)39/h20-23,27,34,38,49H,4-19,24-26,29-31,33H2,1-3H3,(H2,45,46,47). The minimum atomic E-state index is -2.37. The maximum Gasteiger partial charge on any atom is 0.330 e. The highest BCUT2D eigenvalue weighted by molar-refractivity contribution is 7.40. The van der Waals surface area contributed by atoms with E-state index >= 15 is 0 Å². The van der Waals surface area contributed by atoms with Crippen molar-refractivity contribution >= 4 is 19.9 Å². The van der Waals surface area contributed by atoms with E-state index in [9.17, 15) is 15.4 Å². The fraction of sp³-hybridized carbons (Fsp3) is 0.667. The number of anilines is 1. The van der Waals surface area contributed by atoms with Gasteiger partial charge >= 0.3 is 8.60 Å². The highest BCUT2D eigenvalue weighted by Gasteiger charge is 2.32. The fourth-order valence-electron chi connectivity index (χ4n) is 6.49. The average molecular weight is 797 g/mol. The molecule has 3 aromatic rings. The number of rotatable bonds is 33. The monoisotopic (exact) mass is 796 g/mol. The molecule has 0 radical (unpaired) electrons. The van der Waals surface area contributed by atoms with Crippen LogP contribution < -0.4 is 10.5 Å². The van der Waals surface area contributed by atoms with Crippen molar-refractivity contribution in [3.8, 4) is 17.9 Å². The molecular weight excluding hydrogens is 731 g/mol. The number of hydrogen-bond acceptors (Lipinski definition) is 12. The summed E-state index contributed by atoms with van der Waals surface area (Å²) in [5, 5.41) is 23.6. The van der Waals surface area contributed by atoms with E-state index in [2.05, 4.69) is 29.1 Å². The van der Waals surface area contributed by atoms with Crippen LogP contribution in [0.25, 0.3) is 5.52 Å². The van der Waals surface area contributed by atoms with E-state index in [0.29, 0.717) is 35.7 Å². The second-order valence-electron chi connectivity index (χ2n) is 14.3. The van der Waals surface area contributed by atoms with Crippen LogP contribution in [-0.2, 0) is 36.3 Å². The van der Waals surface area contributed by atoms with Crippen molar-refractivity contribution in [2.75, 3.05) is 46.4 Å². The maximum absolute atomic E-state index is 10.7. The Morgan fingerprint density at radius 2 is 1.54 bits per heavy atom. The number of benzene rings is 1. The molecule has 13 nitrogen and oxygen atoms in total. The van der Waals surface area contributed by atoms with E-state index in [1.807, 2.05) is 12.1 Å². The zero-order valence-electron chi connectivity index (χ0n) is 34.0. The first kappa shape index (κ1) is 47.0. The highest BCUT2D eigenvalue weighted by atomic mass is 31.2. The first-order chi connectivity index (χ1) is 27.4. The summed E-state index contributed by atoms with van der Waals surface area (Å²) in [4.78, 5) is 14.7. The average Bonchev–Trinajstić information content (AvgIpc) is 3.65. The lowest BCUT2D eigenvalue weighted by Crippen LogP contribution is -2.35. The van der Waals surface area contributed by atoms with Crippen LogP contribution in [0.2, 0.25) is 0 Å². The summed E-state index contributed by atoms with van der Waals surface area (Å²) in [7, 11) is 0.610. The van der Waals surface area contributed by atoms with E-state index in [0.717, 1.165) is 24.1 Å². The highest BCUT2D eigenvalue weighted by Crippen LogP contribution is 2.36. The Bertz CT molecular complexity index is 1600. The summed E-state index contributed by atoms with van der Waals surface area (Å²) in [6.45, 7) is 3.07. The third-order valence-corrected chi connectivity index (χ3v) is 10.8. The molecule has 3 N–H and O–H groups in total. The van der Waals surface area contributed by atoms with Crippen LogP contribution in [0.1, 0.15) is 133 Å².